The molecule has 2 aromatic rings. The van der Waals surface area contributed by atoms with Crippen molar-refractivity contribution in [2.24, 2.45) is 0 Å². The molecule has 3 nitrogen and oxygen atoms in total. The Balaban J connectivity index is 1.96. The minimum Gasteiger partial charge on any atom is -0.348 e. The Hall–Kier alpha value is -2.16. The minimum absolute atomic E-state index is 0.0944. The van der Waals surface area contributed by atoms with Gasteiger partial charge in [-0.2, -0.15) is 0 Å². The van der Waals surface area contributed by atoms with Crippen LogP contribution < -0.4 is 5.32 Å². The molecule has 0 fully saturated rings. The predicted octanol–water partition coefficient (Wildman–Crippen LogP) is 2.63. The second kappa shape index (κ2) is 5.45. The van der Waals surface area contributed by atoms with Crippen molar-refractivity contribution in [2.45, 2.75) is 20.4 Å². The summed E-state index contributed by atoms with van der Waals surface area (Å²) in [5.41, 5.74) is 3.81. The van der Waals surface area contributed by atoms with Crippen molar-refractivity contribution >= 4 is 5.91 Å². The lowest BCUT2D eigenvalue weighted by Gasteiger charge is -2.05. The number of aromatic nitrogens is 1. The maximum Gasteiger partial charge on any atom is 0.253 e. The quantitative estimate of drug-likeness (QED) is 0.896. The standard InChI is InChI=1S/C15H16N2O/c1-11-3-6-13(7-4-11)9-17-15(18)14-8-5-12(2)16-10-14/h3-8,10H,9H2,1-2H3,(H,17,18). The summed E-state index contributed by atoms with van der Waals surface area (Å²) in [5, 5.41) is 2.88. The van der Waals surface area contributed by atoms with Gasteiger partial charge >= 0.3 is 0 Å². The third kappa shape index (κ3) is 3.17. The average molecular weight is 240 g/mol. The monoisotopic (exact) mass is 240 g/mol. The van der Waals surface area contributed by atoms with Crippen LogP contribution >= 0.6 is 0 Å². The minimum atomic E-state index is -0.0944. The van der Waals surface area contributed by atoms with E-state index in [1.54, 1.807) is 12.3 Å². The van der Waals surface area contributed by atoms with E-state index in [-0.39, 0.29) is 5.91 Å². The average Bonchev–Trinajstić information content (AvgIpc) is 2.38. The number of hydrogen-bond donors (Lipinski definition) is 1. The van der Waals surface area contributed by atoms with Gasteiger partial charge in [0.1, 0.15) is 0 Å². The molecule has 0 radical (unpaired) electrons. The Labute approximate surface area is 107 Å². The van der Waals surface area contributed by atoms with Gasteiger partial charge in [-0.1, -0.05) is 29.8 Å². The number of nitrogens with one attached hydrogen (secondary N) is 1. The molecule has 3 heteroatoms. The highest BCUT2D eigenvalue weighted by molar-refractivity contribution is 5.93. The van der Waals surface area contributed by atoms with E-state index in [1.807, 2.05) is 44.2 Å². The van der Waals surface area contributed by atoms with Crippen molar-refractivity contribution < 1.29 is 4.79 Å². The number of nitrogens with zero attached hydrogens (tertiary/aromatic N) is 1. The number of pyridine rings is 1. The molecule has 1 aromatic carbocycles. The van der Waals surface area contributed by atoms with Crippen LogP contribution in [0.25, 0.3) is 0 Å². The van der Waals surface area contributed by atoms with Crippen molar-refractivity contribution in [2.75, 3.05) is 0 Å². The number of rotatable bonds is 3. The first-order valence-electron chi connectivity index (χ1n) is 5.91. The van der Waals surface area contributed by atoms with Crippen LogP contribution in [0.1, 0.15) is 27.2 Å². The molecule has 0 bridgehead atoms. The molecular formula is C15H16N2O. The lowest BCUT2D eigenvalue weighted by Crippen LogP contribution is -2.22. The first kappa shape index (κ1) is 12.3. The second-order valence-electron chi connectivity index (χ2n) is 4.36. The van der Waals surface area contributed by atoms with Crippen molar-refractivity contribution in [1.29, 1.82) is 0 Å². The zero-order valence-corrected chi connectivity index (χ0v) is 10.6. The number of aryl methyl sites for hydroxylation is 2. The van der Waals surface area contributed by atoms with E-state index in [2.05, 4.69) is 10.3 Å². The zero-order valence-electron chi connectivity index (χ0n) is 10.6. The molecule has 0 saturated heterocycles. The molecule has 0 aliphatic carbocycles. The summed E-state index contributed by atoms with van der Waals surface area (Å²) in [6, 6.07) is 11.7. The van der Waals surface area contributed by atoms with Crippen LogP contribution in [-0.4, -0.2) is 10.9 Å². The van der Waals surface area contributed by atoms with Crippen molar-refractivity contribution in [3.8, 4) is 0 Å². The summed E-state index contributed by atoms with van der Waals surface area (Å²) in [5.74, 6) is -0.0944. The number of benzene rings is 1. The normalized spacial score (nSPS) is 10.1. The van der Waals surface area contributed by atoms with E-state index in [0.29, 0.717) is 12.1 Å². The fourth-order valence-corrected chi connectivity index (χ4v) is 1.59. The van der Waals surface area contributed by atoms with E-state index in [4.69, 9.17) is 0 Å². The lowest BCUT2D eigenvalue weighted by atomic mass is 10.1. The summed E-state index contributed by atoms with van der Waals surface area (Å²) < 4.78 is 0. The summed E-state index contributed by atoms with van der Waals surface area (Å²) >= 11 is 0. The highest BCUT2D eigenvalue weighted by Crippen LogP contribution is 2.04. The smallest absolute Gasteiger partial charge is 0.253 e. The molecule has 1 N–H and O–H groups in total. The first-order valence-corrected chi connectivity index (χ1v) is 5.91. The molecule has 0 aliphatic heterocycles. The Morgan fingerprint density at radius 2 is 1.83 bits per heavy atom. The number of carbonyl (C=O) groups is 1. The van der Waals surface area contributed by atoms with E-state index in [0.717, 1.165) is 11.3 Å². The van der Waals surface area contributed by atoms with E-state index in [1.165, 1.54) is 5.56 Å². The maximum absolute atomic E-state index is 11.8. The van der Waals surface area contributed by atoms with Gasteiger partial charge in [0.15, 0.2) is 0 Å². The fourth-order valence-electron chi connectivity index (χ4n) is 1.59. The van der Waals surface area contributed by atoms with Gasteiger partial charge in [-0.3, -0.25) is 9.78 Å². The molecule has 1 amide bonds. The Morgan fingerprint density at radius 1 is 1.11 bits per heavy atom. The van der Waals surface area contributed by atoms with Crippen molar-refractivity contribution in [1.82, 2.24) is 10.3 Å². The molecule has 18 heavy (non-hydrogen) atoms. The predicted molar refractivity (Wildman–Crippen MR) is 71.3 cm³/mol. The van der Waals surface area contributed by atoms with Gasteiger partial charge in [0.05, 0.1) is 5.56 Å². The third-order valence-electron chi connectivity index (χ3n) is 2.75. The van der Waals surface area contributed by atoms with E-state index >= 15 is 0 Å². The summed E-state index contributed by atoms with van der Waals surface area (Å²) in [6.07, 6.45) is 1.60. The maximum atomic E-state index is 11.8. The van der Waals surface area contributed by atoms with Gasteiger partial charge in [-0.25, -0.2) is 0 Å². The van der Waals surface area contributed by atoms with Gasteiger partial charge in [0.25, 0.3) is 5.91 Å². The molecule has 0 aliphatic rings. The molecule has 0 unspecified atom stereocenters. The summed E-state index contributed by atoms with van der Waals surface area (Å²) in [4.78, 5) is 16.0. The molecule has 1 aromatic heterocycles. The van der Waals surface area contributed by atoms with Crippen molar-refractivity contribution in [3.05, 3.63) is 65.0 Å². The largest absolute Gasteiger partial charge is 0.348 e. The molecule has 0 atom stereocenters. The van der Waals surface area contributed by atoms with Gasteiger partial charge < -0.3 is 5.32 Å². The highest BCUT2D eigenvalue weighted by Gasteiger charge is 2.04. The number of amides is 1. The SMILES string of the molecule is Cc1ccc(CNC(=O)c2ccc(C)nc2)cc1. The van der Waals surface area contributed by atoms with Gasteiger partial charge in [-0.15, -0.1) is 0 Å². The van der Waals surface area contributed by atoms with E-state index < -0.39 is 0 Å². The number of hydrogen-bond acceptors (Lipinski definition) is 2. The summed E-state index contributed by atoms with van der Waals surface area (Å²) in [6.45, 7) is 4.47. The fraction of sp³-hybridized carbons (Fsp3) is 0.200. The van der Waals surface area contributed by atoms with Crippen LogP contribution in [0.2, 0.25) is 0 Å². The highest BCUT2D eigenvalue weighted by atomic mass is 16.1. The molecule has 1 heterocycles. The van der Waals surface area contributed by atoms with Crippen LogP contribution in [0.4, 0.5) is 0 Å². The van der Waals surface area contributed by atoms with Crippen LogP contribution in [0.15, 0.2) is 42.6 Å². The Bertz CT molecular complexity index is 529. The van der Waals surface area contributed by atoms with Gasteiger partial charge in [0.2, 0.25) is 0 Å². The second-order valence-corrected chi connectivity index (χ2v) is 4.36. The van der Waals surface area contributed by atoms with Crippen LogP contribution in [0.5, 0.6) is 0 Å². The Morgan fingerprint density at radius 3 is 2.44 bits per heavy atom. The molecule has 92 valence electrons. The summed E-state index contributed by atoms with van der Waals surface area (Å²) in [7, 11) is 0. The van der Waals surface area contributed by atoms with Crippen LogP contribution in [0.3, 0.4) is 0 Å². The van der Waals surface area contributed by atoms with Gasteiger partial charge in [0, 0.05) is 18.4 Å². The molecular weight excluding hydrogens is 224 g/mol. The number of carbonyl (C=O) groups excluding carboxylic acids is 1. The molecule has 2 rings (SSSR count). The van der Waals surface area contributed by atoms with Gasteiger partial charge in [-0.05, 0) is 31.5 Å². The first-order chi connectivity index (χ1) is 8.65. The van der Waals surface area contributed by atoms with E-state index in [9.17, 15) is 4.79 Å². The zero-order chi connectivity index (χ0) is 13.0. The lowest BCUT2D eigenvalue weighted by molar-refractivity contribution is 0.0950. The van der Waals surface area contributed by atoms with Crippen LogP contribution in [0, 0.1) is 13.8 Å². The molecule has 0 saturated carbocycles. The third-order valence-corrected chi connectivity index (χ3v) is 2.75. The van der Waals surface area contributed by atoms with Crippen molar-refractivity contribution in [3.63, 3.8) is 0 Å². The Kier molecular flexibility index (Phi) is 3.72. The van der Waals surface area contributed by atoms with Crippen LogP contribution in [-0.2, 0) is 6.54 Å². The topological polar surface area (TPSA) is 42.0 Å². The molecule has 0 spiro atoms.